The van der Waals surface area contributed by atoms with Crippen LogP contribution in [0.15, 0.2) is 36.4 Å². The van der Waals surface area contributed by atoms with Crippen molar-refractivity contribution in [1.29, 1.82) is 0 Å². The van der Waals surface area contributed by atoms with E-state index in [0.717, 1.165) is 59.2 Å². The largest absolute Gasteiger partial charge is 0.369 e. The molecule has 2 N–H and O–H groups in total. The number of hydrogen-bond donors (Lipinski definition) is 2. The summed E-state index contributed by atoms with van der Waals surface area (Å²) in [6, 6.07) is 11.1. The molecular formula is C22H21FN2O2. The fourth-order valence-electron chi connectivity index (χ4n) is 4.39. The average Bonchev–Trinajstić information content (AvgIpc) is 2.98. The van der Waals surface area contributed by atoms with Crippen LogP contribution in [0.5, 0.6) is 0 Å². The third kappa shape index (κ3) is 2.78. The lowest BCUT2D eigenvalue weighted by molar-refractivity contribution is 0.0742. The third-order valence-corrected chi connectivity index (χ3v) is 5.73. The van der Waals surface area contributed by atoms with Crippen LogP contribution in [0.3, 0.4) is 0 Å². The summed E-state index contributed by atoms with van der Waals surface area (Å²) in [5.74, 6) is 0.0405. The number of Topliss-reactive ketones (excluding diaryl/α,β-unsaturated/α-hetero) is 1. The molecule has 0 saturated carbocycles. The SMILES string of the molecule is O=C1COCc2c(-c3ccc([C@@H]4CCCNC4)c(F)c3)[nH]c3cccc1c23. The monoisotopic (exact) mass is 364 g/mol. The van der Waals surface area contributed by atoms with E-state index in [9.17, 15) is 9.18 Å². The van der Waals surface area contributed by atoms with Crippen LogP contribution in [0.25, 0.3) is 22.2 Å². The molecule has 3 aromatic rings. The van der Waals surface area contributed by atoms with Gasteiger partial charge in [0.1, 0.15) is 12.4 Å². The number of aromatic amines is 1. The molecule has 4 nitrogen and oxygen atoms in total. The number of benzene rings is 2. The topological polar surface area (TPSA) is 54.1 Å². The Hall–Kier alpha value is -2.50. The second-order valence-electron chi connectivity index (χ2n) is 7.40. The number of carbonyl (C=O) groups excluding carboxylic acids is 1. The Labute approximate surface area is 156 Å². The summed E-state index contributed by atoms with van der Waals surface area (Å²) >= 11 is 0. The van der Waals surface area contributed by atoms with Crippen LogP contribution < -0.4 is 5.32 Å². The first kappa shape index (κ1) is 16.7. The number of aromatic nitrogens is 1. The molecular weight excluding hydrogens is 343 g/mol. The van der Waals surface area contributed by atoms with E-state index in [-0.39, 0.29) is 24.1 Å². The van der Waals surface area contributed by atoms with Crippen molar-refractivity contribution in [2.45, 2.75) is 25.4 Å². The van der Waals surface area contributed by atoms with Gasteiger partial charge in [0.2, 0.25) is 0 Å². The zero-order valence-corrected chi connectivity index (χ0v) is 15.0. The van der Waals surface area contributed by atoms with Crippen LogP contribution in [0.4, 0.5) is 4.39 Å². The van der Waals surface area contributed by atoms with Gasteiger partial charge in [-0.15, -0.1) is 0 Å². The van der Waals surface area contributed by atoms with Crippen molar-refractivity contribution in [1.82, 2.24) is 10.3 Å². The van der Waals surface area contributed by atoms with Crippen LogP contribution in [0, 0.1) is 5.82 Å². The summed E-state index contributed by atoms with van der Waals surface area (Å²) in [6.45, 7) is 2.26. The highest BCUT2D eigenvalue weighted by Gasteiger charge is 2.24. The number of hydrogen-bond acceptors (Lipinski definition) is 3. The van der Waals surface area contributed by atoms with Gasteiger partial charge in [-0.1, -0.05) is 24.3 Å². The fraction of sp³-hybridized carbons (Fsp3) is 0.318. The maximum absolute atomic E-state index is 14.9. The summed E-state index contributed by atoms with van der Waals surface area (Å²) in [5.41, 5.74) is 4.89. The van der Waals surface area contributed by atoms with Gasteiger partial charge in [0, 0.05) is 34.1 Å². The number of rotatable bonds is 2. The van der Waals surface area contributed by atoms with Gasteiger partial charge >= 0.3 is 0 Å². The number of H-pyrrole nitrogens is 1. The first-order valence-electron chi connectivity index (χ1n) is 9.47. The smallest absolute Gasteiger partial charge is 0.189 e. The number of piperidine rings is 1. The minimum Gasteiger partial charge on any atom is -0.369 e. The molecule has 0 bridgehead atoms. The predicted molar refractivity (Wildman–Crippen MR) is 103 cm³/mol. The predicted octanol–water partition coefficient (Wildman–Crippen LogP) is 4.15. The second kappa shape index (κ2) is 6.59. The van der Waals surface area contributed by atoms with Crippen molar-refractivity contribution in [3.8, 4) is 11.3 Å². The molecule has 0 aliphatic carbocycles. The molecule has 138 valence electrons. The number of carbonyl (C=O) groups is 1. The van der Waals surface area contributed by atoms with E-state index in [4.69, 9.17) is 4.74 Å². The van der Waals surface area contributed by atoms with Gasteiger partial charge in [0.25, 0.3) is 0 Å². The van der Waals surface area contributed by atoms with Crippen LogP contribution in [-0.2, 0) is 11.3 Å². The Kier molecular flexibility index (Phi) is 4.06. The van der Waals surface area contributed by atoms with Crippen LogP contribution in [0.2, 0.25) is 0 Å². The molecule has 0 radical (unpaired) electrons. The Morgan fingerprint density at radius 1 is 1.15 bits per heavy atom. The number of ketones is 1. The minimum absolute atomic E-state index is 0.0174. The first-order chi connectivity index (χ1) is 13.2. The Bertz CT molecular complexity index is 1030. The molecule has 5 heteroatoms. The summed E-state index contributed by atoms with van der Waals surface area (Å²) in [4.78, 5) is 15.7. The van der Waals surface area contributed by atoms with Gasteiger partial charge in [-0.2, -0.15) is 0 Å². The zero-order chi connectivity index (χ0) is 18.4. The second-order valence-corrected chi connectivity index (χ2v) is 7.40. The van der Waals surface area contributed by atoms with Crippen molar-refractivity contribution in [3.05, 3.63) is 58.9 Å². The van der Waals surface area contributed by atoms with E-state index in [1.807, 2.05) is 30.3 Å². The normalized spacial score (nSPS) is 20.0. The highest BCUT2D eigenvalue weighted by atomic mass is 19.1. The Balaban J connectivity index is 1.61. The molecule has 1 aromatic heterocycles. The van der Waals surface area contributed by atoms with E-state index in [1.54, 1.807) is 6.07 Å². The summed E-state index contributed by atoms with van der Waals surface area (Å²) < 4.78 is 20.5. The lowest BCUT2D eigenvalue weighted by Gasteiger charge is -2.23. The minimum atomic E-state index is -0.169. The van der Waals surface area contributed by atoms with Gasteiger partial charge in [-0.3, -0.25) is 4.79 Å². The molecule has 0 spiro atoms. The quantitative estimate of drug-likeness (QED) is 0.718. The fourth-order valence-corrected chi connectivity index (χ4v) is 4.39. The van der Waals surface area contributed by atoms with E-state index >= 15 is 0 Å². The molecule has 2 aromatic carbocycles. The van der Waals surface area contributed by atoms with Crippen molar-refractivity contribution in [2.24, 2.45) is 0 Å². The number of nitrogens with one attached hydrogen (secondary N) is 2. The lowest BCUT2D eigenvalue weighted by Crippen LogP contribution is -2.28. The molecule has 1 atom stereocenters. The molecule has 1 saturated heterocycles. The molecule has 3 heterocycles. The third-order valence-electron chi connectivity index (χ3n) is 5.73. The van der Waals surface area contributed by atoms with Crippen LogP contribution in [0.1, 0.15) is 40.2 Å². The van der Waals surface area contributed by atoms with E-state index in [0.29, 0.717) is 12.2 Å². The Morgan fingerprint density at radius 2 is 2.07 bits per heavy atom. The van der Waals surface area contributed by atoms with E-state index < -0.39 is 0 Å². The van der Waals surface area contributed by atoms with Gasteiger partial charge in [-0.05, 0) is 43.0 Å². The number of ether oxygens (including phenoxy) is 1. The molecule has 27 heavy (non-hydrogen) atoms. The molecule has 2 aliphatic rings. The highest BCUT2D eigenvalue weighted by molar-refractivity contribution is 6.11. The van der Waals surface area contributed by atoms with Gasteiger partial charge < -0.3 is 15.0 Å². The first-order valence-corrected chi connectivity index (χ1v) is 9.47. The highest BCUT2D eigenvalue weighted by Crippen LogP contribution is 2.36. The van der Waals surface area contributed by atoms with Crippen LogP contribution >= 0.6 is 0 Å². The molecule has 1 fully saturated rings. The summed E-state index contributed by atoms with van der Waals surface area (Å²) in [5, 5.41) is 4.25. The standard InChI is InChI=1S/C22H21FN2O2/c23-18-9-13(6-7-15(18)14-3-2-8-24-10-14)22-17-11-27-12-20(26)16-4-1-5-19(25-22)21(16)17/h1,4-7,9,14,24-25H,2-3,8,10-12H2/t14-/m1/s1. The average molecular weight is 364 g/mol. The van der Waals surface area contributed by atoms with Crippen molar-refractivity contribution < 1.29 is 13.9 Å². The van der Waals surface area contributed by atoms with Crippen LogP contribution in [-0.4, -0.2) is 30.5 Å². The summed E-state index contributed by atoms with van der Waals surface area (Å²) in [7, 11) is 0. The molecule has 0 unspecified atom stereocenters. The maximum atomic E-state index is 14.9. The molecule has 2 aliphatic heterocycles. The van der Waals surface area contributed by atoms with E-state index in [2.05, 4.69) is 10.3 Å². The zero-order valence-electron chi connectivity index (χ0n) is 15.0. The molecule has 5 rings (SSSR count). The van der Waals surface area contributed by atoms with Crippen molar-refractivity contribution in [3.63, 3.8) is 0 Å². The summed E-state index contributed by atoms with van der Waals surface area (Å²) in [6.07, 6.45) is 2.09. The maximum Gasteiger partial charge on any atom is 0.189 e. The van der Waals surface area contributed by atoms with Gasteiger partial charge in [-0.25, -0.2) is 4.39 Å². The van der Waals surface area contributed by atoms with Gasteiger partial charge in [0.15, 0.2) is 5.78 Å². The van der Waals surface area contributed by atoms with Crippen molar-refractivity contribution in [2.75, 3.05) is 19.7 Å². The van der Waals surface area contributed by atoms with Gasteiger partial charge in [0.05, 0.1) is 12.3 Å². The van der Waals surface area contributed by atoms with E-state index in [1.165, 1.54) is 0 Å². The number of halogens is 1. The lowest BCUT2D eigenvalue weighted by atomic mass is 9.90. The van der Waals surface area contributed by atoms with Crippen molar-refractivity contribution >= 4 is 16.7 Å². The molecule has 0 amide bonds. The Morgan fingerprint density at radius 3 is 2.89 bits per heavy atom.